The molecule has 0 radical (unpaired) electrons. The number of carbonyl (C=O) groups is 1. The van der Waals surface area contributed by atoms with Gasteiger partial charge in [0.15, 0.2) is 0 Å². The van der Waals surface area contributed by atoms with Crippen molar-refractivity contribution >= 4 is 40.4 Å². The van der Waals surface area contributed by atoms with Gasteiger partial charge in [-0.05, 0) is 24.1 Å². The number of halogens is 1. The number of carbonyl (C=O) groups excluding carboxylic acids is 1. The molecule has 0 aliphatic carbocycles. The van der Waals surface area contributed by atoms with Gasteiger partial charge in [-0.3, -0.25) is 4.79 Å². The average Bonchev–Trinajstić information content (AvgIpc) is 2.26. The Morgan fingerprint density at radius 1 is 1.42 bits per heavy atom. The van der Waals surface area contributed by atoms with Crippen molar-refractivity contribution < 1.29 is 4.79 Å². The summed E-state index contributed by atoms with van der Waals surface area (Å²) in [6.07, 6.45) is 0. The summed E-state index contributed by atoms with van der Waals surface area (Å²) in [7, 11) is 0. The molecule has 1 amide bonds. The van der Waals surface area contributed by atoms with Gasteiger partial charge < -0.3 is 16.4 Å². The first kappa shape index (κ1) is 15.7. The molecule has 6 heteroatoms. The summed E-state index contributed by atoms with van der Waals surface area (Å²) < 4.78 is 0. The zero-order valence-corrected chi connectivity index (χ0v) is 12.6. The lowest BCUT2D eigenvalue weighted by Crippen LogP contribution is -2.37. The van der Waals surface area contributed by atoms with Crippen molar-refractivity contribution in [3.8, 4) is 0 Å². The number of rotatable bonds is 6. The normalized spacial score (nSPS) is 10.5. The molecule has 1 aromatic carbocycles. The van der Waals surface area contributed by atoms with Crippen molar-refractivity contribution in [1.82, 2.24) is 0 Å². The van der Waals surface area contributed by atoms with Crippen LogP contribution < -0.4 is 16.4 Å². The van der Waals surface area contributed by atoms with E-state index in [1.54, 1.807) is 18.2 Å². The van der Waals surface area contributed by atoms with E-state index in [4.69, 9.17) is 35.3 Å². The Balaban J connectivity index is 3.22. The Kier molecular flexibility index (Phi) is 5.57. The fourth-order valence-corrected chi connectivity index (χ4v) is 2.19. The predicted molar refractivity (Wildman–Crippen MR) is 83.6 cm³/mol. The van der Waals surface area contributed by atoms with Gasteiger partial charge in [-0.2, -0.15) is 0 Å². The smallest absolute Gasteiger partial charge is 0.236 e. The SMILES string of the molecule is CC(C)CN(CC(N)=O)c1cc(Cl)ccc1C(N)=S. The third-order valence-corrected chi connectivity index (χ3v) is 2.95. The van der Waals surface area contributed by atoms with Crippen LogP contribution in [0.25, 0.3) is 0 Å². The molecule has 1 rings (SSSR count). The van der Waals surface area contributed by atoms with Crippen LogP contribution in [0.1, 0.15) is 19.4 Å². The molecular formula is C13H18ClN3OS. The van der Waals surface area contributed by atoms with Crippen molar-refractivity contribution in [2.24, 2.45) is 17.4 Å². The zero-order valence-electron chi connectivity index (χ0n) is 11.0. The second kappa shape index (κ2) is 6.73. The van der Waals surface area contributed by atoms with E-state index >= 15 is 0 Å². The summed E-state index contributed by atoms with van der Waals surface area (Å²) in [6.45, 7) is 4.88. The van der Waals surface area contributed by atoms with Gasteiger partial charge in [-0.15, -0.1) is 0 Å². The quantitative estimate of drug-likeness (QED) is 0.787. The fourth-order valence-electron chi connectivity index (χ4n) is 1.85. The highest BCUT2D eigenvalue weighted by Gasteiger charge is 2.16. The van der Waals surface area contributed by atoms with Crippen LogP contribution in [-0.4, -0.2) is 24.0 Å². The molecular weight excluding hydrogens is 282 g/mol. The van der Waals surface area contributed by atoms with E-state index < -0.39 is 5.91 Å². The summed E-state index contributed by atoms with van der Waals surface area (Å²) in [4.78, 5) is 13.3. The average molecular weight is 300 g/mol. The Morgan fingerprint density at radius 3 is 2.53 bits per heavy atom. The lowest BCUT2D eigenvalue weighted by molar-refractivity contribution is -0.116. The van der Waals surface area contributed by atoms with Gasteiger partial charge in [-0.1, -0.05) is 37.7 Å². The second-order valence-corrected chi connectivity index (χ2v) is 5.64. The van der Waals surface area contributed by atoms with Crippen molar-refractivity contribution in [2.45, 2.75) is 13.8 Å². The van der Waals surface area contributed by atoms with Gasteiger partial charge in [0.1, 0.15) is 4.99 Å². The predicted octanol–water partition coefficient (Wildman–Crippen LogP) is 1.92. The molecule has 0 aromatic heterocycles. The number of primary amides is 1. The van der Waals surface area contributed by atoms with Gasteiger partial charge in [0, 0.05) is 22.8 Å². The van der Waals surface area contributed by atoms with Crippen molar-refractivity contribution in [3.63, 3.8) is 0 Å². The minimum Gasteiger partial charge on any atom is -0.389 e. The maximum atomic E-state index is 11.2. The first-order valence-electron chi connectivity index (χ1n) is 5.94. The van der Waals surface area contributed by atoms with Crippen LogP contribution in [0.5, 0.6) is 0 Å². The van der Waals surface area contributed by atoms with Gasteiger partial charge in [0.2, 0.25) is 5.91 Å². The molecule has 104 valence electrons. The van der Waals surface area contributed by atoms with Gasteiger partial charge in [0.25, 0.3) is 0 Å². The maximum absolute atomic E-state index is 11.2. The molecule has 19 heavy (non-hydrogen) atoms. The van der Waals surface area contributed by atoms with Crippen LogP contribution in [0, 0.1) is 5.92 Å². The molecule has 0 spiro atoms. The van der Waals surface area contributed by atoms with Crippen LogP contribution >= 0.6 is 23.8 Å². The molecule has 0 fully saturated rings. The standard InChI is InChI=1S/C13H18ClN3OS/c1-8(2)6-17(7-12(15)18)11-5-9(14)3-4-10(11)13(16)19/h3-5,8H,6-7H2,1-2H3,(H2,15,18)(H2,16,19). The molecule has 0 aliphatic rings. The summed E-state index contributed by atoms with van der Waals surface area (Å²) in [6, 6.07) is 5.23. The van der Waals surface area contributed by atoms with Crippen LogP contribution in [0.15, 0.2) is 18.2 Å². The minimum atomic E-state index is -0.408. The van der Waals surface area contributed by atoms with Gasteiger partial charge >= 0.3 is 0 Å². The number of hydrogen-bond donors (Lipinski definition) is 2. The van der Waals surface area contributed by atoms with Gasteiger partial charge in [-0.25, -0.2) is 0 Å². The van der Waals surface area contributed by atoms with Crippen LogP contribution in [0.2, 0.25) is 5.02 Å². The van der Waals surface area contributed by atoms with Gasteiger partial charge in [0.05, 0.1) is 6.54 Å². The third-order valence-electron chi connectivity index (χ3n) is 2.50. The molecule has 0 saturated carbocycles. The highest BCUT2D eigenvalue weighted by Crippen LogP contribution is 2.25. The minimum absolute atomic E-state index is 0.105. The van der Waals surface area contributed by atoms with E-state index in [0.29, 0.717) is 23.0 Å². The molecule has 0 unspecified atom stereocenters. The van der Waals surface area contributed by atoms with E-state index in [2.05, 4.69) is 13.8 Å². The lowest BCUT2D eigenvalue weighted by Gasteiger charge is -2.27. The topological polar surface area (TPSA) is 72.3 Å². The number of hydrogen-bond acceptors (Lipinski definition) is 3. The van der Waals surface area contributed by atoms with Crippen molar-refractivity contribution in [3.05, 3.63) is 28.8 Å². The van der Waals surface area contributed by atoms with E-state index in [1.807, 2.05) is 4.90 Å². The summed E-state index contributed by atoms with van der Waals surface area (Å²) in [5, 5.41) is 0.563. The molecule has 4 N–H and O–H groups in total. The van der Waals surface area contributed by atoms with E-state index in [1.165, 1.54) is 0 Å². The number of anilines is 1. The molecule has 0 saturated heterocycles. The largest absolute Gasteiger partial charge is 0.389 e. The monoisotopic (exact) mass is 299 g/mol. The van der Waals surface area contributed by atoms with Crippen molar-refractivity contribution in [1.29, 1.82) is 0 Å². The molecule has 0 bridgehead atoms. The Labute approximate surface area is 123 Å². The van der Waals surface area contributed by atoms with Crippen LogP contribution in [0.3, 0.4) is 0 Å². The summed E-state index contributed by atoms with van der Waals surface area (Å²) in [5.74, 6) is -0.0490. The zero-order chi connectivity index (χ0) is 14.6. The highest BCUT2D eigenvalue weighted by molar-refractivity contribution is 7.80. The first-order chi connectivity index (χ1) is 8.81. The third kappa shape index (κ3) is 4.69. The maximum Gasteiger partial charge on any atom is 0.236 e. The molecule has 1 aromatic rings. The lowest BCUT2D eigenvalue weighted by atomic mass is 10.1. The number of benzene rings is 1. The van der Waals surface area contributed by atoms with E-state index in [9.17, 15) is 4.79 Å². The summed E-state index contributed by atoms with van der Waals surface area (Å²) >= 11 is 11.0. The fraction of sp³-hybridized carbons (Fsp3) is 0.385. The number of thiocarbonyl (C=S) groups is 1. The first-order valence-corrected chi connectivity index (χ1v) is 6.72. The molecule has 0 heterocycles. The molecule has 0 aliphatic heterocycles. The number of nitrogens with zero attached hydrogens (tertiary/aromatic N) is 1. The van der Waals surface area contributed by atoms with Crippen LogP contribution in [0.4, 0.5) is 5.69 Å². The Hall–Kier alpha value is -1.33. The van der Waals surface area contributed by atoms with E-state index in [0.717, 1.165) is 5.69 Å². The number of amides is 1. The highest BCUT2D eigenvalue weighted by atomic mass is 35.5. The number of nitrogens with two attached hydrogens (primary N) is 2. The van der Waals surface area contributed by atoms with Crippen LogP contribution in [-0.2, 0) is 4.79 Å². The van der Waals surface area contributed by atoms with E-state index in [-0.39, 0.29) is 11.5 Å². The molecule has 4 nitrogen and oxygen atoms in total. The Bertz CT molecular complexity index is 491. The second-order valence-electron chi connectivity index (χ2n) is 4.77. The Morgan fingerprint density at radius 2 is 2.05 bits per heavy atom. The van der Waals surface area contributed by atoms with Crippen molar-refractivity contribution in [2.75, 3.05) is 18.0 Å². The molecule has 0 atom stereocenters. The summed E-state index contributed by atoms with van der Waals surface area (Å²) in [5.41, 5.74) is 12.4.